The highest BCUT2D eigenvalue weighted by molar-refractivity contribution is 9.10. The minimum absolute atomic E-state index is 0.0651. The van der Waals surface area contributed by atoms with Crippen LogP contribution in [-0.2, 0) is 17.8 Å². The van der Waals surface area contributed by atoms with E-state index >= 15 is 0 Å². The summed E-state index contributed by atoms with van der Waals surface area (Å²) in [5.41, 5.74) is 4.28. The molecule has 0 radical (unpaired) electrons. The van der Waals surface area contributed by atoms with Crippen molar-refractivity contribution in [3.63, 3.8) is 0 Å². The molecule has 0 aliphatic carbocycles. The zero-order valence-corrected chi connectivity index (χ0v) is 12.6. The Labute approximate surface area is 125 Å². The van der Waals surface area contributed by atoms with E-state index in [-0.39, 0.29) is 5.91 Å². The third kappa shape index (κ3) is 2.67. The van der Waals surface area contributed by atoms with Gasteiger partial charge in [-0.15, -0.1) is 0 Å². The van der Waals surface area contributed by atoms with Crippen LogP contribution in [0.1, 0.15) is 16.7 Å². The first-order valence-corrected chi connectivity index (χ1v) is 7.19. The molecule has 1 aliphatic rings. The predicted molar refractivity (Wildman–Crippen MR) is 82.8 cm³/mol. The van der Waals surface area contributed by atoms with Crippen LogP contribution in [0.2, 0.25) is 0 Å². The molecule has 0 spiro atoms. The first kappa shape index (κ1) is 13.1. The number of anilines is 2. The van der Waals surface area contributed by atoms with Crippen molar-refractivity contribution in [1.29, 1.82) is 0 Å². The van der Waals surface area contributed by atoms with Gasteiger partial charge in [-0.05, 0) is 51.7 Å². The maximum Gasteiger partial charge on any atom is 0.228 e. The van der Waals surface area contributed by atoms with E-state index in [0.29, 0.717) is 13.0 Å². The molecule has 2 aromatic rings. The summed E-state index contributed by atoms with van der Waals surface area (Å²) in [6, 6.07) is 8.04. The SMILES string of the molecule is Cc1cc(NCc2ccc3c(c2)CC(=O)N3)ncc1Br. The Balaban J connectivity index is 1.71. The van der Waals surface area contributed by atoms with Gasteiger partial charge in [0.1, 0.15) is 5.82 Å². The Morgan fingerprint density at radius 1 is 1.40 bits per heavy atom. The molecule has 0 atom stereocenters. The summed E-state index contributed by atoms with van der Waals surface area (Å²) in [5.74, 6) is 0.913. The van der Waals surface area contributed by atoms with Crippen molar-refractivity contribution < 1.29 is 4.79 Å². The zero-order valence-electron chi connectivity index (χ0n) is 11.0. The summed E-state index contributed by atoms with van der Waals surface area (Å²) in [5, 5.41) is 6.13. The van der Waals surface area contributed by atoms with Crippen LogP contribution in [0.15, 0.2) is 34.9 Å². The molecule has 1 aromatic heterocycles. The zero-order chi connectivity index (χ0) is 14.1. The Bertz CT molecular complexity index is 685. The van der Waals surface area contributed by atoms with Gasteiger partial charge in [0.2, 0.25) is 5.91 Å². The van der Waals surface area contributed by atoms with Crippen molar-refractivity contribution in [1.82, 2.24) is 4.98 Å². The Kier molecular flexibility index (Phi) is 3.44. The fraction of sp³-hybridized carbons (Fsp3) is 0.200. The molecule has 0 unspecified atom stereocenters. The maximum absolute atomic E-state index is 11.3. The molecule has 20 heavy (non-hydrogen) atoms. The topological polar surface area (TPSA) is 54.0 Å². The van der Waals surface area contributed by atoms with E-state index in [0.717, 1.165) is 32.7 Å². The van der Waals surface area contributed by atoms with Gasteiger partial charge >= 0.3 is 0 Å². The molecule has 1 amide bonds. The normalized spacial score (nSPS) is 13.0. The van der Waals surface area contributed by atoms with Crippen LogP contribution in [0, 0.1) is 6.92 Å². The molecule has 102 valence electrons. The number of rotatable bonds is 3. The van der Waals surface area contributed by atoms with Gasteiger partial charge in [0.25, 0.3) is 0 Å². The Morgan fingerprint density at radius 2 is 2.25 bits per heavy atom. The molecule has 2 N–H and O–H groups in total. The Hall–Kier alpha value is -1.88. The van der Waals surface area contributed by atoms with Crippen molar-refractivity contribution in [2.24, 2.45) is 0 Å². The van der Waals surface area contributed by atoms with Crippen molar-refractivity contribution >= 4 is 33.3 Å². The van der Waals surface area contributed by atoms with Crippen LogP contribution >= 0.6 is 15.9 Å². The number of hydrogen-bond donors (Lipinski definition) is 2. The van der Waals surface area contributed by atoms with Crippen LogP contribution in [0.25, 0.3) is 0 Å². The molecule has 0 saturated carbocycles. The van der Waals surface area contributed by atoms with E-state index in [2.05, 4.69) is 37.6 Å². The van der Waals surface area contributed by atoms with Gasteiger partial charge in [0.05, 0.1) is 6.42 Å². The molecule has 0 bridgehead atoms. The molecule has 0 saturated heterocycles. The fourth-order valence-electron chi connectivity index (χ4n) is 2.22. The Morgan fingerprint density at radius 3 is 3.05 bits per heavy atom. The highest BCUT2D eigenvalue weighted by Gasteiger charge is 2.17. The number of hydrogen-bond acceptors (Lipinski definition) is 3. The van der Waals surface area contributed by atoms with Gasteiger partial charge in [-0.2, -0.15) is 0 Å². The number of carbonyl (C=O) groups is 1. The molecular weight excluding hydrogens is 318 g/mol. The lowest BCUT2D eigenvalue weighted by molar-refractivity contribution is -0.115. The molecule has 3 rings (SSSR count). The van der Waals surface area contributed by atoms with E-state index in [1.807, 2.05) is 25.1 Å². The summed E-state index contributed by atoms with van der Waals surface area (Å²) >= 11 is 3.44. The number of nitrogens with zero attached hydrogens (tertiary/aromatic N) is 1. The average molecular weight is 332 g/mol. The maximum atomic E-state index is 11.3. The van der Waals surface area contributed by atoms with Crippen LogP contribution in [0.5, 0.6) is 0 Å². The summed E-state index contributed by atoms with van der Waals surface area (Å²) in [6.07, 6.45) is 2.27. The molecule has 0 fully saturated rings. The number of amides is 1. The number of carbonyl (C=O) groups excluding carboxylic acids is 1. The first-order chi connectivity index (χ1) is 9.61. The van der Waals surface area contributed by atoms with Gasteiger partial charge in [-0.1, -0.05) is 12.1 Å². The van der Waals surface area contributed by atoms with Crippen molar-refractivity contribution in [2.75, 3.05) is 10.6 Å². The smallest absolute Gasteiger partial charge is 0.228 e. The fourth-order valence-corrected chi connectivity index (χ4v) is 2.44. The number of benzene rings is 1. The number of halogens is 1. The summed E-state index contributed by atoms with van der Waals surface area (Å²) in [4.78, 5) is 15.6. The largest absolute Gasteiger partial charge is 0.366 e. The number of pyridine rings is 1. The summed E-state index contributed by atoms with van der Waals surface area (Å²) in [7, 11) is 0. The average Bonchev–Trinajstić information content (AvgIpc) is 2.79. The van der Waals surface area contributed by atoms with E-state index in [1.165, 1.54) is 0 Å². The summed E-state index contributed by atoms with van der Waals surface area (Å²) < 4.78 is 1.00. The van der Waals surface area contributed by atoms with Gasteiger partial charge in [0.15, 0.2) is 0 Å². The van der Waals surface area contributed by atoms with Crippen LogP contribution < -0.4 is 10.6 Å². The van der Waals surface area contributed by atoms with Crippen molar-refractivity contribution in [3.05, 3.63) is 51.6 Å². The molecule has 1 aromatic carbocycles. The van der Waals surface area contributed by atoms with Gasteiger partial charge in [-0.3, -0.25) is 4.79 Å². The second-order valence-electron chi connectivity index (χ2n) is 4.89. The number of aromatic nitrogens is 1. The lowest BCUT2D eigenvalue weighted by atomic mass is 10.1. The lowest BCUT2D eigenvalue weighted by Crippen LogP contribution is -2.03. The highest BCUT2D eigenvalue weighted by atomic mass is 79.9. The monoisotopic (exact) mass is 331 g/mol. The first-order valence-electron chi connectivity index (χ1n) is 6.39. The van der Waals surface area contributed by atoms with E-state index in [1.54, 1.807) is 6.20 Å². The van der Waals surface area contributed by atoms with Gasteiger partial charge < -0.3 is 10.6 Å². The van der Waals surface area contributed by atoms with Crippen LogP contribution in [-0.4, -0.2) is 10.9 Å². The lowest BCUT2D eigenvalue weighted by Gasteiger charge is -2.08. The molecule has 2 heterocycles. The number of nitrogens with one attached hydrogen (secondary N) is 2. The van der Waals surface area contributed by atoms with Crippen LogP contribution in [0.4, 0.5) is 11.5 Å². The van der Waals surface area contributed by atoms with E-state index in [9.17, 15) is 4.79 Å². The standard InChI is InChI=1S/C15H14BrN3O/c1-9-4-14(18-8-12(9)16)17-7-10-2-3-13-11(5-10)6-15(20)19-13/h2-5,8H,6-7H2,1H3,(H,17,18)(H,19,20). The van der Waals surface area contributed by atoms with Gasteiger partial charge in [-0.25, -0.2) is 4.98 Å². The van der Waals surface area contributed by atoms with E-state index < -0.39 is 0 Å². The van der Waals surface area contributed by atoms with Crippen molar-refractivity contribution in [3.8, 4) is 0 Å². The minimum atomic E-state index is 0.0651. The third-order valence-electron chi connectivity index (χ3n) is 3.32. The predicted octanol–water partition coefficient (Wildman–Crippen LogP) is 3.26. The number of fused-ring (bicyclic) bond motifs is 1. The molecular formula is C15H14BrN3O. The molecule has 4 nitrogen and oxygen atoms in total. The van der Waals surface area contributed by atoms with Crippen LogP contribution in [0.3, 0.4) is 0 Å². The molecule has 1 aliphatic heterocycles. The second-order valence-corrected chi connectivity index (χ2v) is 5.74. The second kappa shape index (κ2) is 5.25. The van der Waals surface area contributed by atoms with Crippen molar-refractivity contribution in [2.45, 2.75) is 19.9 Å². The van der Waals surface area contributed by atoms with E-state index in [4.69, 9.17) is 0 Å². The molecule has 5 heteroatoms. The number of aryl methyl sites for hydroxylation is 1. The third-order valence-corrected chi connectivity index (χ3v) is 4.15. The minimum Gasteiger partial charge on any atom is -0.366 e. The highest BCUT2D eigenvalue weighted by Crippen LogP contribution is 2.24. The summed E-state index contributed by atoms with van der Waals surface area (Å²) in [6.45, 7) is 2.72. The van der Waals surface area contributed by atoms with Gasteiger partial charge in [0, 0.05) is 22.9 Å². The quantitative estimate of drug-likeness (QED) is 0.907.